The van der Waals surface area contributed by atoms with Crippen molar-refractivity contribution in [2.45, 2.75) is 19.8 Å². The Morgan fingerprint density at radius 3 is 2.76 bits per heavy atom. The van der Waals surface area contributed by atoms with Crippen LogP contribution in [0.25, 0.3) is 0 Å². The zero-order valence-electron chi connectivity index (χ0n) is 11.7. The number of carboxylic acid groups (broad SMARTS) is 1. The molecule has 0 radical (unpaired) electrons. The van der Waals surface area contributed by atoms with Gasteiger partial charge in [-0.1, -0.05) is 29.8 Å². The van der Waals surface area contributed by atoms with Crippen LogP contribution in [-0.4, -0.2) is 22.0 Å². The van der Waals surface area contributed by atoms with Crippen molar-refractivity contribution in [3.63, 3.8) is 0 Å². The first-order chi connectivity index (χ1) is 10.1. The number of carbonyl (C=O) groups is 2. The standard InChI is InChI=1S/C16H16N2O3/c1-11-4-2-5-12(10-11)7-8-14(19)18-15-13(16(20)21)6-3-9-17-15/h2-6,9-10H,7-8H2,1H3,(H,20,21)(H,17,18,19). The first kappa shape index (κ1) is 14.7. The lowest BCUT2D eigenvalue weighted by Gasteiger charge is -2.07. The number of hydrogen-bond acceptors (Lipinski definition) is 3. The summed E-state index contributed by atoms with van der Waals surface area (Å²) in [6, 6.07) is 10.9. The molecule has 1 aromatic heterocycles. The summed E-state index contributed by atoms with van der Waals surface area (Å²) in [5, 5.41) is 11.6. The fraction of sp³-hybridized carbons (Fsp3) is 0.188. The van der Waals surface area contributed by atoms with Gasteiger partial charge in [0.25, 0.3) is 0 Å². The first-order valence-corrected chi connectivity index (χ1v) is 6.60. The molecule has 5 heteroatoms. The Balaban J connectivity index is 1.98. The van der Waals surface area contributed by atoms with Gasteiger partial charge in [-0.2, -0.15) is 0 Å². The molecule has 0 unspecified atom stereocenters. The number of aromatic carboxylic acids is 1. The van der Waals surface area contributed by atoms with Gasteiger partial charge in [-0.25, -0.2) is 9.78 Å². The molecule has 0 aliphatic rings. The second-order valence-electron chi connectivity index (χ2n) is 4.74. The number of carboxylic acids is 1. The SMILES string of the molecule is Cc1cccc(CCC(=O)Nc2ncccc2C(=O)O)c1. The minimum Gasteiger partial charge on any atom is -0.478 e. The van der Waals surface area contributed by atoms with Gasteiger partial charge in [0.1, 0.15) is 11.4 Å². The van der Waals surface area contributed by atoms with E-state index < -0.39 is 5.97 Å². The zero-order valence-corrected chi connectivity index (χ0v) is 11.7. The summed E-state index contributed by atoms with van der Waals surface area (Å²) >= 11 is 0. The van der Waals surface area contributed by atoms with Gasteiger partial charge in [0, 0.05) is 12.6 Å². The molecule has 0 atom stereocenters. The normalized spacial score (nSPS) is 10.1. The summed E-state index contributed by atoms with van der Waals surface area (Å²) in [6.07, 6.45) is 2.32. The Kier molecular flexibility index (Phi) is 4.66. The third-order valence-corrected chi connectivity index (χ3v) is 3.02. The minimum absolute atomic E-state index is 0.0126. The number of carbonyl (C=O) groups excluding carboxylic acids is 1. The number of anilines is 1. The van der Waals surface area contributed by atoms with Crippen molar-refractivity contribution < 1.29 is 14.7 Å². The average molecular weight is 284 g/mol. The Hall–Kier alpha value is -2.69. The van der Waals surface area contributed by atoms with E-state index in [0.29, 0.717) is 6.42 Å². The Bertz CT molecular complexity index is 668. The van der Waals surface area contributed by atoms with Crippen molar-refractivity contribution in [1.29, 1.82) is 0 Å². The maximum Gasteiger partial charge on any atom is 0.339 e. The number of rotatable bonds is 5. The number of aromatic nitrogens is 1. The molecule has 0 bridgehead atoms. The molecule has 5 nitrogen and oxygen atoms in total. The summed E-state index contributed by atoms with van der Waals surface area (Å²) in [6.45, 7) is 2.00. The molecule has 0 spiro atoms. The summed E-state index contributed by atoms with van der Waals surface area (Å²) in [5.41, 5.74) is 2.21. The lowest BCUT2D eigenvalue weighted by molar-refractivity contribution is -0.116. The molecule has 1 amide bonds. The molecule has 2 aromatic rings. The highest BCUT2D eigenvalue weighted by atomic mass is 16.4. The van der Waals surface area contributed by atoms with Gasteiger partial charge >= 0.3 is 5.97 Å². The number of nitrogens with zero attached hydrogens (tertiary/aromatic N) is 1. The zero-order chi connectivity index (χ0) is 15.2. The second-order valence-corrected chi connectivity index (χ2v) is 4.74. The van der Waals surface area contributed by atoms with Crippen LogP contribution in [0.1, 0.15) is 27.9 Å². The van der Waals surface area contributed by atoms with Crippen LogP contribution >= 0.6 is 0 Å². The van der Waals surface area contributed by atoms with Crippen molar-refractivity contribution in [3.05, 3.63) is 59.3 Å². The van der Waals surface area contributed by atoms with E-state index in [-0.39, 0.29) is 23.7 Å². The molecular weight excluding hydrogens is 268 g/mol. The molecule has 0 fully saturated rings. The number of amides is 1. The first-order valence-electron chi connectivity index (χ1n) is 6.60. The molecule has 0 aliphatic heterocycles. The average Bonchev–Trinajstić information content (AvgIpc) is 2.45. The van der Waals surface area contributed by atoms with E-state index in [1.807, 2.05) is 31.2 Å². The Morgan fingerprint density at radius 2 is 2.05 bits per heavy atom. The Labute approximate surface area is 122 Å². The van der Waals surface area contributed by atoms with Gasteiger partial charge in [0.15, 0.2) is 0 Å². The molecule has 2 N–H and O–H groups in total. The molecule has 21 heavy (non-hydrogen) atoms. The third kappa shape index (κ3) is 4.14. The van der Waals surface area contributed by atoms with Gasteiger partial charge in [0.2, 0.25) is 5.91 Å². The van der Waals surface area contributed by atoms with Crippen LogP contribution in [0.5, 0.6) is 0 Å². The molecule has 1 heterocycles. The monoisotopic (exact) mass is 284 g/mol. The molecule has 0 saturated heterocycles. The second kappa shape index (κ2) is 6.65. The van der Waals surface area contributed by atoms with Crippen LogP contribution < -0.4 is 5.32 Å². The molecule has 1 aromatic carbocycles. The summed E-state index contributed by atoms with van der Waals surface area (Å²) in [7, 11) is 0. The highest BCUT2D eigenvalue weighted by Gasteiger charge is 2.13. The topological polar surface area (TPSA) is 79.3 Å². The molecule has 2 rings (SSSR count). The van der Waals surface area contributed by atoms with Crippen LogP contribution in [0.4, 0.5) is 5.82 Å². The van der Waals surface area contributed by atoms with Crippen molar-refractivity contribution in [2.24, 2.45) is 0 Å². The maximum absolute atomic E-state index is 11.9. The lowest BCUT2D eigenvalue weighted by Crippen LogP contribution is -2.16. The number of hydrogen-bond donors (Lipinski definition) is 2. The molecule has 108 valence electrons. The van der Waals surface area contributed by atoms with Crippen LogP contribution in [-0.2, 0) is 11.2 Å². The Morgan fingerprint density at radius 1 is 1.24 bits per heavy atom. The lowest BCUT2D eigenvalue weighted by atomic mass is 10.1. The number of aryl methyl sites for hydroxylation is 2. The van der Waals surface area contributed by atoms with E-state index in [9.17, 15) is 9.59 Å². The summed E-state index contributed by atoms with van der Waals surface area (Å²) in [4.78, 5) is 26.8. The predicted octanol–water partition coefficient (Wildman–Crippen LogP) is 2.66. The van der Waals surface area contributed by atoms with E-state index in [2.05, 4.69) is 10.3 Å². The molecular formula is C16H16N2O3. The quantitative estimate of drug-likeness (QED) is 0.884. The van der Waals surface area contributed by atoms with Crippen molar-refractivity contribution >= 4 is 17.7 Å². The van der Waals surface area contributed by atoms with Gasteiger partial charge in [-0.3, -0.25) is 4.79 Å². The van der Waals surface area contributed by atoms with Crippen LogP contribution in [0.15, 0.2) is 42.6 Å². The van der Waals surface area contributed by atoms with Gasteiger partial charge in [-0.15, -0.1) is 0 Å². The van der Waals surface area contributed by atoms with Gasteiger partial charge in [-0.05, 0) is 31.0 Å². The number of pyridine rings is 1. The van der Waals surface area contributed by atoms with Crippen LogP contribution in [0.2, 0.25) is 0 Å². The third-order valence-electron chi connectivity index (χ3n) is 3.02. The summed E-state index contributed by atoms with van der Waals surface area (Å²) in [5.74, 6) is -1.28. The van der Waals surface area contributed by atoms with Crippen molar-refractivity contribution in [2.75, 3.05) is 5.32 Å². The van der Waals surface area contributed by atoms with Crippen LogP contribution in [0.3, 0.4) is 0 Å². The van der Waals surface area contributed by atoms with E-state index in [1.165, 1.54) is 18.3 Å². The molecule has 0 saturated carbocycles. The smallest absolute Gasteiger partial charge is 0.339 e. The predicted molar refractivity (Wildman–Crippen MR) is 79.3 cm³/mol. The summed E-state index contributed by atoms with van der Waals surface area (Å²) < 4.78 is 0. The fourth-order valence-corrected chi connectivity index (χ4v) is 2.00. The van der Waals surface area contributed by atoms with Gasteiger partial charge in [0.05, 0.1) is 0 Å². The highest BCUT2D eigenvalue weighted by Crippen LogP contribution is 2.12. The minimum atomic E-state index is -1.11. The number of nitrogens with one attached hydrogen (secondary N) is 1. The highest BCUT2D eigenvalue weighted by molar-refractivity contribution is 5.99. The largest absolute Gasteiger partial charge is 0.478 e. The van der Waals surface area contributed by atoms with E-state index in [4.69, 9.17) is 5.11 Å². The van der Waals surface area contributed by atoms with Crippen molar-refractivity contribution in [3.8, 4) is 0 Å². The van der Waals surface area contributed by atoms with Crippen molar-refractivity contribution in [1.82, 2.24) is 4.98 Å². The fourth-order valence-electron chi connectivity index (χ4n) is 2.00. The van der Waals surface area contributed by atoms with Crippen LogP contribution in [0, 0.1) is 6.92 Å². The molecule has 0 aliphatic carbocycles. The van der Waals surface area contributed by atoms with E-state index in [1.54, 1.807) is 0 Å². The van der Waals surface area contributed by atoms with E-state index in [0.717, 1.165) is 11.1 Å². The number of benzene rings is 1. The van der Waals surface area contributed by atoms with E-state index >= 15 is 0 Å². The van der Waals surface area contributed by atoms with Gasteiger partial charge < -0.3 is 10.4 Å². The maximum atomic E-state index is 11.9.